The van der Waals surface area contributed by atoms with Crippen LogP contribution >= 0.6 is 23.2 Å². The Morgan fingerprint density at radius 3 is 2.34 bits per heavy atom. The third kappa shape index (κ3) is 5.74. The average Bonchev–Trinajstić information content (AvgIpc) is 2.87. The summed E-state index contributed by atoms with van der Waals surface area (Å²) in [6, 6.07) is 17.2. The first-order chi connectivity index (χ1) is 17.0. The molecule has 0 atom stereocenters. The second-order valence-corrected chi connectivity index (χ2v) is 8.76. The Balaban J connectivity index is 1.23. The van der Waals surface area contributed by atoms with E-state index < -0.39 is 6.03 Å². The number of anilines is 3. The third-order valence-electron chi connectivity index (χ3n) is 5.47. The van der Waals surface area contributed by atoms with E-state index in [1.54, 1.807) is 42.5 Å². The molecular formula is C25H22Cl2N6O2. The van der Waals surface area contributed by atoms with Crippen LogP contribution in [-0.4, -0.2) is 42.2 Å². The molecule has 1 aliphatic rings. The van der Waals surface area contributed by atoms with Gasteiger partial charge in [-0.05, 0) is 54.6 Å². The predicted molar refractivity (Wildman–Crippen MR) is 140 cm³/mol. The Morgan fingerprint density at radius 2 is 1.57 bits per heavy atom. The predicted octanol–water partition coefficient (Wildman–Crippen LogP) is 5.78. The first-order valence-electron chi connectivity index (χ1n) is 11.1. The number of amides is 2. The van der Waals surface area contributed by atoms with Crippen molar-refractivity contribution in [3.63, 3.8) is 0 Å². The molecule has 2 heterocycles. The number of carbonyl (C=O) groups excluding carboxylic acids is 1. The first-order valence-corrected chi connectivity index (χ1v) is 11.8. The number of nitrogens with one attached hydrogen (secondary N) is 3. The molecule has 1 saturated heterocycles. The van der Waals surface area contributed by atoms with Gasteiger partial charge in [0.1, 0.15) is 17.3 Å². The molecule has 5 rings (SSSR count). The van der Waals surface area contributed by atoms with Crippen molar-refractivity contribution in [3.05, 3.63) is 76.9 Å². The van der Waals surface area contributed by atoms with Crippen LogP contribution < -0.4 is 25.6 Å². The fourth-order valence-corrected chi connectivity index (χ4v) is 4.00. The van der Waals surface area contributed by atoms with E-state index in [-0.39, 0.29) is 0 Å². The monoisotopic (exact) mass is 508 g/mol. The van der Waals surface area contributed by atoms with E-state index >= 15 is 0 Å². The van der Waals surface area contributed by atoms with Crippen molar-refractivity contribution in [2.45, 2.75) is 0 Å². The van der Waals surface area contributed by atoms with Gasteiger partial charge in [-0.25, -0.2) is 9.78 Å². The van der Waals surface area contributed by atoms with Crippen molar-refractivity contribution in [2.24, 2.45) is 0 Å². The lowest BCUT2D eigenvalue weighted by molar-refractivity contribution is 0.262. The summed E-state index contributed by atoms with van der Waals surface area (Å²) in [6.45, 7) is 3.68. The summed E-state index contributed by atoms with van der Waals surface area (Å²) < 4.78 is 6.00. The molecular weight excluding hydrogens is 487 g/mol. The number of nitrogens with zero attached hydrogens (tertiary/aromatic N) is 3. The van der Waals surface area contributed by atoms with Crippen molar-refractivity contribution in [2.75, 3.05) is 41.7 Å². The van der Waals surface area contributed by atoms with Gasteiger partial charge in [-0.2, -0.15) is 0 Å². The number of fused-ring (bicyclic) bond motifs is 1. The quantitative estimate of drug-likeness (QED) is 0.316. The summed E-state index contributed by atoms with van der Waals surface area (Å²) in [6.07, 6.45) is 1.82. The summed E-state index contributed by atoms with van der Waals surface area (Å²) >= 11 is 11.9. The van der Waals surface area contributed by atoms with Gasteiger partial charge in [0.25, 0.3) is 0 Å². The molecule has 0 spiro atoms. The first kappa shape index (κ1) is 23.2. The molecule has 0 unspecified atom stereocenters. The Kier molecular flexibility index (Phi) is 6.85. The maximum atomic E-state index is 12.3. The largest absolute Gasteiger partial charge is 0.457 e. The van der Waals surface area contributed by atoms with E-state index in [0.717, 1.165) is 43.0 Å². The van der Waals surface area contributed by atoms with Crippen LogP contribution in [0.1, 0.15) is 0 Å². The lowest BCUT2D eigenvalue weighted by Crippen LogP contribution is -2.43. The minimum Gasteiger partial charge on any atom is -0.457 e. The van der Waals surface area contributed by atoms with Gasteiger partial charge in [0.15, 0.2) is 0 Å². The maximum absolute atomic E-state index is 12.3. The molecule has 10 heteroatoms. The number of rotatable bonds is 5. The molecule has 8 nitrogen and oxygen atoms in total. The zero-order chi connectivity index (χ0) is 24.2. The van der Waals surface area contributed by atoms with Gasteiger partial charge in [-0.1, -0.05) is 23.2 Å². The standard InChI is InChI=1S/C25H22Cl2N6O2/c26-20-7-3-17(13-21(20)27)31-25(34)30-16-1-4-18(5-2-16)35-19-6-8-22-23(14-19)32-24(15-29-22)33-11-9-28-10-12-33/h1-8,13-15,28H,9-12H2,(H2,30,31,34). The number of hydrogen-bond acceptors (Lipinski definition) is 6. The second-order valence-electron chi connectivity index (χ2n) is 7.95. The van der Waals surface area contributed by atoms with E-state index in [4.69, 9.17) is 32.9 Å². The topological polar surface area (TPSA) is 91.4 Å². The fourth-order valence-electron chi connectivity index (χ4n) is 3.70. The van der Waals surface area contributed by atoms with Crippen LogP contribution in [0.3, 0.4) is 0 Å². The summed E-state index contributed by atoms with van der Waals surface area (Å²) in [7, 11) is 0. The van der Waals surface area contributed by atoms with Crippen molar-refractivity contribution < 1.29 is 9.53 Å². The van der Waals surface area contributed by atoms with Crippen LogP contribution in [0, 0.1) is 0 Å². The number of benzene rings is 3. The molecule has 4 aromatic rings. The molecule has 0 saturated carbocycles. The van der Waals surface area contributed by atoms with Crippen LogP contribution in [0.2, 0.25) is 10.0 Å². The van der Waals surface area contributed by atoms with Crippen LogP contribution in [-0.2, 0) is 0 Å². The number of piperazine rings is 1. The Bertz CT molecular complexity index is 1360. The highest BCUT2D eigenvalue weighted by molar-refractivity contribution is 6.42. The van der Waals surface area contributed by atoms with Crippen LogP contribution in [0.15, 0.2) is 66.9 Å². The number of urea groups is 1. The van der Waals surface area contributed by atoms with Gasteiger partial charge < -0.3 is 25.6 Å². The molecule has 0 aliphatic carbocycles. The molecule has 0 bridgehead atoms. The molecule has 0 radical (unpaired) electrons. The Morgan fingerprint density at radius 1 is 0.857 bits per heavy atom. The van der Waals surface area contributed by atoms with Crippen molar-refractivity contribution in [1.82, 2.24) is 15.3 Å². The highest BCUT2D eigenvalue weighted by atomic mass is 35.5. The van der Waals surface area contributed by atoms with Crippen molar-refractivity contribution in [1.29, 1.82) is 0 Å². The highest BCUT2D eigenvalue weighted by Crippen LogP contribution is 2.27. The molecule has 3 aromatic carbocycles. The number of halogens is 2. The van der Waals surface area contributed by atoms with Crippen LogP contribution in [0.4, 0.5) is 22.0 Å². The molecule has 35 heavy (non-hydrogen) atoms. The smallest absolute Gasteiger partial charge is 0.323 e. The molecule has 1 aliphatic heterocycles. The maximum Gasteiger partial charge on any atom is 0.323 e. The lowest BCUT2D eigenvalue weighted by atomic mass is 10.2. The Labute approximate surface area is 212 Å². The van der Waals surface area contributed by atoms with Gasteiger partial charge in [-0.3, -0.25) is 4.98 Å². The number of carbonyl (C=O) groups is 1. The van der Waals surface area contributed by atoms with Gasteiger partial charge in [0.2, 0.25) is 0 Å². The fraction of sp³-hybridized carbons (Fsp3) is 0.160. The molecule has 1 fully saturated rings. The molecule has 178 valence electrons. The SMILES string of the molecule is O=C(Nc1ccc(Oc2ccc3ncc(N4CCNCC4)nc3c2)cc1)Nc1ccc(Cl)c(Cl)c1. The van der Waals surface area contributed by atoms with E-state index in [1.807, 2.05) is 24.4 Å². The van der Waals surface area contributed by atoms with Crippen molar-refractivity contribution >= 4 is 57.5 Å². The van der Waals surface area contributed by atoms with Gasteiger partial charge >= 0.3 is 6.03 Å². The van der Waals surface area contributed by atoms with E-state index in [2.05, 4.69) is 25.8 Å². The zero-order valence-corrected chi connectivity index (χ0v) is 20.1. The number of aromatic nitrogens is 2. The summed E-state index contributed by atoms with van der Waals surface area (Å²) in [4.78, 5) is 23.8. The third-order valence-corrected chi connectivity index (χ3v) is 6.21. The zero-order valence-electron chi connectivity index (χ0n) is 18.6. The highest BCUT2D eigenvalue weighted by Gasteiger charge is 2.13. The van der Waals surface area contributed by atoms with Crippen LogP contribution in [0.5, 0.6) is 11.5 Å². The van der Waals surface area contributed by atoms with Crippen LogP contribution in [0.25, 0.3) is 11.0 Å². The number of ether oxygens (including phenoxy) is 1. The van der Waals surface area contributed by atoms with E-state index in [1.165, 1.54) is 0 Å². The summed E-state index contributed by atoms with van der Waals surface area (Å²) in [5.74, 6) is 2.15. The minimum atomic E-state index is -0.398. The van der Waals surface area contributed by atoms with Crippen molar-refractivity contribution in [3.8, 4) is 11.5 Å². The molecule has 1 aromatic heterocycles. The van der Waals surface area contributed by atoms with E-state index in [9.17, 15) is 4.79 Å². The van der Waals surface area contributed by atoms with Gasteiger partial charge in [-0.15, -0.1) is 0 Å². The minimum absolute atomic E-state index is 0.366. The lowest BCUT2D eigenvalue weighted by Gasteiger charge is -2.28. The second kappa shape index (κ2) is 10.4. The Hall–Kier alpha value is -3.59. The number of hydrogen-bond donors (Lipinski definition) is 3. The average molecular weight is 509 g/mol. The van der Waals surface area contributed by atoms with Gasteiger partial charge in [0.05, 0.1) is 27.3 Å². The normalized spacial score (nSPS) is 13.5. The molecule has 3 N–H and O–H groups in total. The van der Waals surface area contributed by atoms with Gasteiger partial charge in [0, 0.05) is 43.6 Å². The summed E-state index contributed by atoms with van der Waals surface area (Å²) in [5, 5.41) is 9.61. The summed E-state index contributed by atoms with van der Waals surface area (Å²) in [5.41, 5.74) is 2.73. The molecule has 2 amide bonds. The van der Waals surface area contributed by atoms with E-state index in [0.29, 0.717) is 32.9 Å².